The van der Waals surface area contributed by atoms with Gasteiger partial charge in [0.05, 0.1) is 31.3 Å². The minimum atomic E-state index is -0.191. The van der Waals surface area contributed by atoms with E-state index in [1.54, 1.807) is 6.92 Å². The molecule has 0 N–H and O–H groups in total. The molecule has 2 atom stereocenters. The SMILES string of the molecule is CC(=O)N1CCC[C@H]2N(C(=O)CN3CCOCC3)CCC[C@@]21C. The fourth-order valence-corrected chi connectivity index (χ4v) is 4.60. The number of hydrogen-bond donors (Lipinski definition) is 0. The Morgan fingerprint density at radius 2 is 1.87 bits per heavy atom. The monoisotopic (exact) mass is 323 g/mol. The number of ether oxygens (including phenoxy) is 1. The maximum absolute atomic E-state index is 12.9. The molecule has 3 aliphatic heterocycles. The number of likely N-dealkylation sites (tertiary alicyclic amines) is 2. The summed E-state index contributed by atoms with van der Waals surface area (Å²) in [6, 6.07) is 0.169. The lowest BCUT2D eigenvalue weighted by molar-refractivity contribution is -0.155. The lowest BCUT2D eigenvalue weighted by Gasteiger charge is -2.56. The van der Waals surface area contributed by atoms with Crippen molar-refractivity contribution in [1.29, 1.82) is 0 Å². The van der Waals surface area contributed by atoms with Crippen LogP contribution in [0.2, 0.25) is 0 Å². The first-order valence-electron chi connectivity index (χ1n) is 8.90. The Kier molecular flexibility index (Phi) is 4.92. The van der Waals surface area contributed by atoms with Gasteiger partial charge in [0, 0.05) is 33.1 Å². The largest absolute Gasteiger partial charge is 0.379 e. The van der Waals surface area contributed by atoms with Gasteiger partial charge in [0.1, 0.15) is 0 Å². The highest BCUT2D eigenvalue weighted by atomic mass is 16.5. The molecule has 3 fully saturated rings. The highest BCUT2D eigenvalue weighted by Crippen LogP contribution is 2.39. The Hall–Kier alpha value is -1.14. The summed E-state index contributed by atoms with van der Waals surface area (Å²) >= 11 is 0. The quantitative estimate of drug-likeness (QED) is 0.751. The van der Waals surface area contributed by atoms with Crippen molar-refractivity contribution < 1.29 is 14.3 Å². The van der Waals surface area contributed by atoms with Gasteiger partial charge < -0.3 is 14.5 Å². The summed E-state index contributed by atoms with van der Waals surface area (Å²) in [5.41, 5.74) is -0.191. The van der Waals surface area contributed by atoms with Crippen LogP contribution in [0.4, 0.5) is 0 Å². The number of carbonyl (C=O) groups excluding carboxylic acids is 2. The predicted molar refractivity (Wildman–Crippen MR) is 87.0 cm³/mol. The molecular weight excluding hydrogens is 294 g/mol. The summed E-state index contributed by atoms with van der Waals surface area (Å²) in [6.45, 7) is 9.06. The maximum atomic E-state index is 12.9. The average Bonchev–Trinajstić information content (AvgIpc) is 2.53. The van der Waals surface area contributed by atoms with Crippen molar-refractivity contribution in [2.24, 2.45) is 0 Å². The molecule has 0 aromatic heterocycles. The van der Waals surface area contributed by atoms with Gasteiger partial charge in [0.15, 0.2) is 0 Å². The van der Waals surface area contributed by atoms with E-state index in [1.165, 1.54) is 0 Å². The Morgan fingerprint density at radius 3 is 2.57 bits per heavy atom. The van der Waals surface area contributed by atoms with Crippen LogP contribution in [0.5, 0.6) is 0 Å². The summed E-state index contributed by atoms with van der Waals surface area (Å²) < 4.78 is 5.36. The zero-order valence-electron chi connectivity index (χ0n) is 14.4. The summed E-state index contributed by atoms with van der Waals surface area (Å²) in [6.07, 6.45) is 3.97. The first kappa shape index (κ1) is 16.7. The van der Waals surface area contributed by atoms with Crippen LogP contribution < -0.4 is 0 Å². The van der Waals surface area contributed by atoms with Gasteiger partial charge in [-0.1, -0.05) is 0 Å². The van der Waals surface area contributed by atoms with Gasteiger partial charge in [-0.3, -0.25) is 14.5 Å². The van der Waals surface area contributed by atoms with Crippen LogP contribution in [0.15, 0.2) is 0 Å². The Balaban J connectivity index is 1.71. The van der Waals surface area contributed by atoms with Crippen molar-refractivity contribution >= 4 is 11.8 Å². The molecule has 0 spiro atoms. The molecule has 0 aromatic rings. The maximum Gasteiger partial charge on any atom is 0.237 e. The second-order valence-electron chi connectivity index (χ2n) is 7.27. The zero-order chi connectivity index (χ0) is 16.4. The third-order valence-corrected chi connectivity index (χ3v) is 5.81. The summed E-state index contributed by atoms with van der Waals surface area (Å²) in [5, 5.41) is 0. The normalized spacial score (nSPS) is 32.5. The van der Waals surface area contributed by atoms with E-state index in [2.05, 4.69) is 16.7 Å². The third-order valence-electron chi connectivity index (χ3n) is 5.81. The minimum absolute atomic E-state index is 0.139. The van der Waals surface area contributed by atoms with E-state index in [9.17, 15) is 9.59 Å². The number of piperidine rings is 2. The number of fused-ring (bicyclic) bond motifs is 1. The van der Waals surface area contributed by atoms with E-state index < -0.39 is 0 Å². The zero-order valence-corrected chi connectivity index (χ0v) is 14.4. The minimum Gasteiger partial charge on any atom is -0.379 e. The fourth-order valence-electron chi connectivity index (χ4n) is 4.60. The average molecular weight is 323 g/mol. The summed E-state index contributed by atoms with van der Waals surface area (Å²) in [5.74, 6) is 0.355. The Bertz CT molecular complexity index is 464. The van der Waals surface area contributed by atoms with Crippen molar-refractivity contribution in [3.8, 4) is 0 Å². The highest BCUT2D eigenvalue weighted by molar-refractivity contribution is 5.79. The molecule has 0 saturated carbocycles. The van der Waals surface area contributed by atoms with Crippen molar-refractivity contribution in [1.82, 2.24) is 14.7 Å². The number of rotatable bonds is 2. The van der Waals surface area contributed by atoms with Gasteiger partial charge in [-0.05, 0) is 32.6 Å². The lowest BCUT2D eigenvalue weighted by Crippen LogP contribution is -2.68. The number of nitrogens with zero attached hydrogens (tertiary/aromatic N) is 3. The van der Waals surface area contributed by atoms with Crippen LogP contribution >= 0.6 is 0 Å². The number of morpholine rings is 1. The molecule has 3 rings (SSSR count). The molecule has 130 valence electrons. The second-order valence-corrected chi connectivity index (χ2v) is 7.27. The van der Waals surface area contributed by atoms with E-state index >= 15 is 0 Å². The Morgan fingerprint density at radius 1 is 1.13 bits per heavy atom. The molecule has 6 nitrogen and oxygen atoms in total. The first-order valence-corrected chi connectivity index (χ1v) is 8.90. The van der Waals surface area contributed by atoms with Gasteiger partial charge in [-0.2, -0.15) is 0 Å². The van der Waals surface area contributed by atoms with Crippen LogP contribution in [0, 0.1) is 0 Å². The van der Waals surface area contributed by atoms with Gasteiger partial charge in [-0.25, -0.2) is 0 Å². The van der Waals surface area contributed by atoms with Gasteiger partial charge in [-0.15, -0.1) is 0 Å². The molecule has 3 aliphatic rings. The third kappa shape index (κ3) is 3.24. The van der Waals surface area contributed by atoms with E-state index in [-0.39, 0.29) is 23.4 Å². The fraction of sp³-hybridized carbons (Fsp3) is 0.882. The van der Waals surface area contributed by atoms with Crippen molar-refractivity contribution in [3.05, 3.63) is 0 Å². The number of carbonyl (C=O) groups is 2. The van der Waals surface area contributed by atoms with Gasteiger partial charge >= 0.3 is 0 Å². The van der Waals surface area contributed by atoms with Gasteiger partial charge in [0.25, 0.3) is 0 Å². The molecule has 3 heterocycles. The van der Waals surface area contributed by atoms with E-state index in [4.69, 9.17) is 4.74 Å². The van der Waals surface area contributed by atoms with Gasteiger partial charge in [0.2, 0.25) is 11.8 Å². The molecule has 0 unspecified atom stereocenters. The van der Waals surface area contributed by atoms with E-state index in [1.807, 2.05) is 4.90 Å². The molecule has 23 heavy (non-hydrogen) atoms. The Labute approximate surface area is 138 Å². The van der Waals surface area contributed by atoms with Crippen molar-refractivity contribution in [2.45, 2.75) is 51.1 Å². The molecule has 0 aromatic carbocycles. The van der Waals surface area contributed by atoms with Crippen LogP contribution in [0.25, 0.3) is 0 Å². The molecule has 0 bridgehead atoms. The molecule has 2 amide bonds. The molecule has 3 saturated heterocycles. The first-order chi connectivity index (χ1) is 11.0. The van der Waals surface area contributed by atoms with Crippen LogP contribution in [0.1, 0.15) is 39.5 Å². The number of amides is 2. The summed E-state index contributed by atoms with van der Waals surface area (Å²) in [7, 11) is 0. The molecular formula is C17H29N3O3. The van der Waals surface area contributed by atoms with E-state index in [0.29, 0.717) is 19.8 Å². The van der Waals surface area contributed by atoms with E-state index in [0.717, 1.165) is 51.9 Å². The highest BCUT2D eigenvalue weighted by Gasteiger charge is 2.49. The molecule has 0 aliphatic carbocycles. The molecule has 0 radical (unpaired) electrons. The molecule has 6 heteroatoms. The number of hydrogen-bond acceptors (Lipinski definition) is 4. The smallest absolute Gasteiger partial charge is 0.237 e. The topological polar surface area (TPSA) is 53.1 Å². The summed E-state index contributed by atoms with van der Waals surface area (Å²) in [4.78, 5) is 31.2. The van der Waals surface area contributed by atoms with Crippen LogP contribution in [0.3, 0.4) is 0 Å². The van der Waals surface area contributed by atoms with Crippen molar-refractivity contribution in [2.75, 3.05) is 45.9 Å². The standard InChI is InChI=1S/C17H29N3O3/c1-14(21)20-8-3-5-15-17(20,2)6-4-7-19(15)16(22)13-18-9-11-23-12-10-18/h15H,3-13H2,1-2H3/t15-,17+/m1/s1. The second kappa shape index (κ2) is 6.77. The van der Waals surface area contributed by atoms with Crippen LogP contribution in [-0.4, -0.2) is 84.0 Å². The van der Waals surface area contributed by atoms with Crippen LogP contribution in [-0.2, 0) is 14.3 Å². The lowest BCUT2D eigenvalue weighted by atomic mass is 9.76. The predicted octanol–water partition coefficient (Wildman–Crippen LogP) is 0.711. The van der Waals surface area contributed by atoms with Crippen molar-refractivity contribution in [3.63, 3.8) is 0 Å².